The predicted octanol–water partition coefficient (Wildman–Crippen LogP) is 3.66. The van der Waals surface area contributed by atoms with E-state index in [1.807, 2.05) is 45.9 Å². The highest BCUT2D eigenvalue weighted by atomic mass is 32.2. The Morgan fingerprint density at radius 2 is 1.62 bits per heavy atom. The third-order valence-corrected chi connectivity index (χ3v) is 5.88. The number of hydrogen-bond acceptors (Lipinski definition) is 3. The minimum absolute atomic E-state index is 0.142. The van der Waals surface area contributed by atoms with Crippen LogP contribution in [0.2, 0.25) is 0 Å². The highest BCUT2D eigenvalue weighted by molar-refractivity contribution is 7.89. The summed E-state index contributed by atoms with van der Waals surface area (Å²) >= 11 is 0. The SMILES string of the molecule is CCC(C)NS(=O)(=O)c1ccc(C(=O)N(C)c2cc(C)cc(C)c2)cc1. The standard InChI is InChI=1S/C20H26N2O3S/c1-6-16(4)21-26(24,25)19-9-7-17(8-10-19)20(23)22(5)18-12-14(2)11-15(3)13-18/h7-13,16,21H,6H2,1-5H3. The van der Waals surface area contributed by atoms with Crippen molar-refractivity contribution in [2.45, 2.75) is 45.1 Å². The van der Waals surface area contributed by atoms with Crippen LogP contribution in [-0.4, -0.2) is 27.4 Å². The lowest BCUT2D eigenvalue weighted by atomic mass is 10.1. The molecule has 1 N–H and O–H groups in total. The summed E-state index contributed by atoms with van der Waals surface area (Å²) < 4.78 is 27.2. The average Bonchev–Trinajstić information content (AvgIpc) is 2.59. The first-order chi connectivity index (χ1) is 12.1. The van der Waals surface area contributed by atoms with Gasteiger partial charge in [0.2, 0.25) is 10.0 Å². The zero-order valence-corrected chi connectivity index (χ0v) is 16.7. The number of nitrogens with zero attached hydrogens (tertiary/aromatic N) is 1. The lowest BCUT2D eigenvalue weighted by Crippen LogP contribution is -2.32. The fourth-order valence-corrected chi connectivity index (χ4v) is 3.97. The number of carbonyl (C=O) groups excluding carboxylic acids is 1. The normalized spacial score (nSPS) is 12.7. The van der Waals surface area contributed by atoms with Gasteiger partial charge < -0.3 is 4.90 Å². The van der Waals surface area contributed by atoms with Gasteiger partial charge in [-0.2, -0.15) is 0 Å². The Hall–Kier alpha value is -2.18. The number of rotatable bonds is 6. The molecule has 140 valence electrons. The number of benzene rings is 2. The molecule has 6 heteroatoms. The van der Waals surface area contributed by atoms with E-state index in [2.05, 4.69) is 4.72 Å². The van der Waals surface area contributed by atoms with Crippen molar-refractivity contribution in [3.63, 3.8) is 0 Å². The van der Waals surface area contributed by atoms with Gasteiger partial charge in [-0.1, -0.05) is 13.0 Å². The van der Waals surface area contributed by atoms with Crippen molar-refractivity contribution in [1.29, 1.82) is 0 Å². The molecule has 0 heterocycles. The Labute approximate surface area is 156 Å². The minimum Gasteiger partial charge on any atom is -0.311 e. The first-order valence-electron chi connectivity index (χ1n) is 8.62. The van der Waals surface area contributed by atoms with Crippen molar-refractivity contribution >= 4 is 21.6 Å². The van der Waals surface area contributed by atoms with Crippen molar-refractivity contribution in [3.05, 3.63) is 59.2 Å². The Morgan fingerprint density at radius 1 is 1.08 bits per heavy atom. The third kappa shape index (κ3) is 4.71. The smallest absolute Gasteiger partial charge is 0.258 e. The molecule has 1 amide bonds. The maximum atomic E-state index is 12.7. The number of carbonyl (C=O) groups is 1. The highest BCUT2D eigenvalue weighted by Gasteiger charge is 2.19. The molecular formula is C20H26N2O3S. The number of sulfonamides is 1. The van der Waals surface area contributed by atoms with Gasteiger partial charge in [-0.05, 0) is 74.7 Å². The molecule has 0 spiro atoms. The maximum absolute atomic E-state index is 12.7. The number of nitrogens with one attached hydrogen (secondary N) is 1. The Kier molecular flexibility index (Phi) is 6.21. The van der Waals surface area contributed by atoms with Crippen LogP contribution in [-0.2, 0) is 10.0 Å². The van der Waals surface area contributed by atoms with Gasteiger partial charge in [-0.3, -0.25) is 4.79 Å². The molecular weight excluding hydrogens is 348 g/mol. The molecule has 26 heavy (non-hydrogen) atoms. The minimum atomic E-state index is -3.57. The lowest BCUT2D eigenvalue weighted by Gasteiger charge is -2.19. The topological polar surface area (TPSA) is 66.5 Å². The van der Waals surface area contributed by atoms with Crippen molar-refractivity contribution in [2.75, 3.05) is 11.9 Å². The van der Waals surface area contributed by atoms with Crippen LogP contribution in [0.5, 0.6) is 0 Å². The van der Waals surface area contributed by atoms with Crippen LogP contribution in [0.1, 0.15) is 41.8 Å². The summed E-state index contributed by atoms with van der Waals surface area (Å²) in [7, 11) is -1.86. The largest absolute Gasteiger partial charge is 0.311 e. The second-order valence-electron chi connectivity index (χ2n) is 6.67. The summed E-state index contributed by atoms with van der Waals surface area (Å²) in [6.45, 7) is 7.70. The summed E-state index contributed by atoms with van der Waals surface area (Å²) in [5.74, 6) is -0.186. The van der Waals surface area contributed by atoms with Gasteiger partial charge in [0.1, 0.15) is 0 Å². The van der Waals surface area contributed by atoms with Crippen molar-refractivity contribution in [3.8, 4) is 0 Å². The van der Waals surface area contributed by atoms with Crippen LogP contribution < -0.4 is 9.62 Å². The molecule has 2 aromatic rings. The Morgan fingerprint density at radius 3 is 2.12 bits per heavy atom. The highest BCUT2D eigenvalue weighted by Crippen LogP contribution is 2.20. The van der Waals surface area contributed by atoms with E-state index in [1.165, 1.54) is 12.1 Å². The lowest BCUT2D eigenvalue weighted by molar-refractivity contribution is 0.0993. The first kappa shape index (κ1) is 20.1. The van der Waals surface area contributed by atoms with E-state index in [-0.39, 0.29) is 16.8 Å². The maximum Gasteiger partial charge on any atom is 0.258 e. The van der Waals surface area contributed by atoms with E-state index in [0.717, 1.165) is 16.8 Å². The van der Waals surface area contributed by atoms with Crippen LogP contribution in [0, 0.1) is 13.8 Å². The third-order valence-electron chi connectivity index (χ3n) is 4.28. The van der Waals surface area contributed by atoms with Gasteiger partial charge in [0, 0.05) is 24.3 Å². The zero-order chi connectivity index (χ0) is 19.5. The average molecular weight is 375 g/mol. The monoisotopic (exact) mass is 374 g/mol. The zero-order valence-electron chi connectivity index (χ0n) is 15.9. The van der Waals surface area contributed by atoms with Crippen LogP contribution in [0.3, 0.4) is 0 Å². The number of amides is 1. The molecule has 5 nitrogen and oxygen atoms in total. The number of aryl methyl sites for hydroxylation is 2. The van der Waals surface area contributed by atoms with E-state index in [0.29, 0.717) is 12.0 Å². The van der Waals surface area contributed by atoms with Crippen molar-refractivity contribution in [2.24, 2.45) is 0 Å². The molecule has 0 fully saturated rings. The van der Waals surface area contributed by atoms with E-state index < -0.39 is 10.0 Å². The van der Waals surface area contributed by atoms with Gasteiger partial charge >= 0.3 is 0 Å². The second-order valence-corrected chi connectivity index (χ2v) is 8.38. The van der Waals surface area contributed by atoms with Gasteiger partial charge in [-0.25, -0.2) is 13.1 Å². The molecule has 1 atom stereocenters. The van der Waals surface area contributed by atoms with Gasteiger partial charge in [0.15, 0.2) is 0 Å². The quantitative estimate of drug-likeness (QED) is 0.839. The molecule has 1 unspecified atom stereocenters. The van der Waals surface area contributed by atoms with E-state index in [4.69, 9.17) is 0 Å². The van der Waals surface area contributed by atoms with Crippen LogP contribution >= 0.6 is 0 Å². The molecule has 0 radical (unpaired) electrons. The van der Waals surface area contributed by atoms with Gasteiger partial charge in [0.05, 0.1) is 4.90 Å². The van der Waals surface area contributed by atoms with E-state index in [1.54, 1.807) is 24.1 Å². The van der Waals surface area contributed by atoms with E-state index >= 15 is 0 Å². The molecule has 0 aliphatic rings. The predicted molar refractivity (Wildman–Crippen MR) is 105 cm³/mol. The Bertz CT molecular complexity index is 870. The van der Waals surface area contributed by atoms with Crippen LogP contribution in [0.15, 0.2) is 47.4 Å². The summed E-state index contributed by atoms with van der Waals surface area (Å²) in [4.78, 5) is 14.4. The number of hydrogen-bond donors (Lipinski definition) is 1. The fourth-order valence-electron chi connectivity index (χ4n) is 2.65. The first-order valence-corrected chi connectivity index (χ1v) is 10.1. The summed E-state index contributed by atoms with van der Waals surface area (Å²) in [5, 5.41) is 0. The molecule has 0 aliphatic carbocycles. The van der Waals surface area contributed by atoms with Crippen LogP contribution in [0.4, 0.5) is 5.69 Å². The molecule has 0 bridgehead atoms. The second kappa shape index (κ2) is 8.01. The molecule has 0 saturated carbocycles. The molecule has 2 aromatic carbocycles. The fraction of sp³-hybridized carbons (Fsp3) is 0.350. The molecule has 0 aromatic heterocycles. The van der Waals surface area contributed by atoms with Gasteiger partial charge in [0.25, 0.3) is 5.91 Å². The molecule has 2 rings (SSSR count). The summed E-state index contributed by atoms with van der Waals surface area (Å²) in [6, 6.07) is 11.8. The molecule has 0 saturated heterocycles. The summed E-state index contributed by atoms with van der Waals surface area (Å²) in [5.41, 5.74) is 3.41. The Balaban J connectivity index is 2.23. The van der Waals surface area contributed by atoms with Gasteiger partial charge in [-0.15, -0.1) is 0 Å². The summed E-state index contributed by atoms with van der Waals surface area (Å²) in [6.07, 6.45) is 0.705. The van der Waals surface area contributed by atoms with Crippen LogP contribution in [0.25, 0.3) is 0 Å². The number of anilines is 1. The van der Waals surface area contributed by atoms with Crippen molar-refractivity contribution in [1.82, 2.24) is 4.72 Å². The molecule has 0 aliphatic heterocycles. The van der Waals surface area contributed by atoms with Crippen molar-refractivity contribution < 1.29 is 13.2 Å². The van der Waals surface area contributed by atoms with E-state index in [9.17, 15) is 13.2 Å².